The fraction of sp³-hybridized carbons (Fsp3) is 0.259. The first-order valence-electron chi connectivity index (χ1n) is 11.7. The van der Waals surface area contributed by atoms with Crippen LogP contribution in [0.2, 0.25) is 0 Å². The molecule has 3 aromatic carbocycles. The fourth-order valence-corrected chi connectivity index (χ4v) is 4.92. The van der Waals surface area contributed by atoms with Gasteiger partial charge in [0.15, 0.2) is 0 Å². The van der Waals surface area contributed by atoms with E-state index in [1.807, 2.05) is 43.3 Å². The summed E-state index contributed by atoms with van der Waals surface area (Å²) in [7, 11) is -3.73. The maximum absolute atomic E-state index is 12.8. The van der Waals surface area contributed by atoms with Crippen molar-refractivity contribution in [1.82, 2.24) is 0 Å². The Balaban J connectivity index is 1.44. The van der Waals surface area contributed by atoms with Gasteiger partial charge in [-0.2, -0.15) is 0 Å². The SMILES string of the molecule is Cc1ccc(NC(=O)CN(c2ccc(OCc3ccccc3)cc2)S(C)(=O)=O)cc1N1CCCC1=O. The number of rotatable bonds is 9. The number of nitrogens with one attached hydrogen (secondary N) is 1. The molecule has 0 unspecified atom stereocenters. The number of nitrogens with zero attached hydrogens (tertiary/aromatic N) is 2. The molecule has 9 heteroatoms. The first-order valence-corrected chi connectivity index (χ1v) is 13.5. The Kier molecular flexibility index (Phi) is 7.59. The number of carbonyl (C=O) groups is 2. The summed E-state index contributed by atoms with van der Waals surface area (Å²) in [5.74, 6) is 0.151. The van der Waals surface area contributed by atoms with Crippen LogP contribution >= 0.6 is 0 Å². The molecule has 1 aliphatic rings. The topological polar surface area (TPSA) is 96.0 Å². The van der Waals surface area contributed by atoms with Crippen molar-refractivity contribution in [3.05, 3.63) is 83.9 Å². The minimum atomic E-state index is -3.73. The second-order valence-corrected chi connectivity index (χ2v) is 10.6. The number of carbonyl (C=O) groups excluding carboxylic acids is 2. The largest absolute Gasteiger partial charge is 0.489 e. The van der Waals surface area contributed by atoms with Crippen LogP contribution < -0.4 is 19.3 Å². The van der Waals surface area contributed by atoms with E-state index < -0.39 is 22.5 Å². The third-order valence-corrected chi connectivity index (χ3v) is 7.06. The van der Waals surface area contributed by atoms with Crippen molar-refractivity contribution in [2.75, 3.05) is 33.9 Å². The second-order valence-electron chi connectivity index (χ2n) is 8.74. The average Bonchev–Trinajstić information content (AvgIpc) is 3.28. The zero-order valence-corrected chi connectivity index (χ0v) is 21.1. The minimum Gasteiger partial charge on any atom is -0.489 e. The Morgan fingerprint density at radius 2 is 1.78 bits per heavy atom. The molecule has 0 spiro atoms. The number of hydrogen-bond donors (Lipinski definition) is 1. The van der Waals surface area contributed by atoms with E-state index in [4.69, 9.17) is 4.74 Å². The third-order valence-electron chi connectivity index (χ3n) is 5.92. The maximum atomic E-state index is 12.8. The number of anilines is 3. The standard InChI is InChI=1S/C27H29N3O5S/c1-20-10-11-22(17-25(20)29-16-6-9-27(29)32)28-26(31)18-30(36(2,33)34)23-12-14-24(15-13-23)35-19-21-7-4-3-5-8-21/h3-5,7-8,10-15,17H,6,9,16,18-19H2,1-2H3,(H,28,31). The van der Waals surface area contributed by atoms with Crippen LogP contribution in [-0.2, 0) is 26.2 Å². The van der Waals surface area contributed by atoms with Gasteiger partial charge in [0, 0.05) is 24.3 Å². The highest BCUT2D eigenvalue weighted by Crippen LogP contribution is 2.28. The zero-order chi connectivity index (χ0) is 25.7. The predicted octanol–water partition coefficient (Wildman–Crippen LogP) is 4.11. The molecule has 188 valence electrons. The summed E-state index contributed by atoms with van der Waals surface area (Å²) in [6.07, 6.45) is 2.37. The van der Waals surface area contributed by atoms with Gasteiger partial charge in [-0.3, -0.25) is 13.9 Å². The Bertz CT molecular complexity index is 1340. The van der Waals surface area contributed by atoms with E-state index in [1.165, 1.54) is 0 Å². The van der Waals surface area contributed by atoms with E-state index in [1.54, 1.807) is 41.3 Å². The van der Waals surface area contributed by atoms with Crippen LogP contribution in [-0.4, -0.2) is 39.6 Å². The molecule has 8 nitrogen and oxygen atoms in total. The highest BCUT2D eigenvalue weighted by atomic mass is 32.2. The van der Waals surface area contributed by atoms with Gasteiger partial charge in [0.1, 0.15) is 18.9 Å². The van der Waals surface area contributed by atoms with E-state index in [9.17, 15) is 18.0 Å². The highest BCUT2D eigenvalue weighted by molar-refractivity contribution is 7.92. The monoisotopic (exact) mass is 507 g/mol. The normalized spacial score (nSPS) is 13.5. The van der Waals surface area contributed by atoms with Gasteiger partial charge >= 0.3 is 0 Å². The molecule has 1 saturated heterocycles. The van der Waals surface area contributed by atoms with E-state index in [2.05, 4.69) is 5.32 Å². The van der Waals surface area contributed by atoms with E-state index in [-0.39, 0.29) is 5.91 Å². The lowest BCUT2D eigenvalue weighted by atomic mass is 10.1. The molecule has 0 saturated carbocycles. The van der Waals surface area contributed by atoms with Gasteiger partial charge < -0.3 is 15.0 Å². The van der Waals surface area contributed by atoms with E-state index in [0.717, 1.165) is 33.8 Å². The molecule has 2 amide bonds. The number of aryl methyl sites for hydroxylation is 1. The number of hydrogen-bond acceptors (Lipinski definition) is 5. The van der Waals surface area contributed by atoms with Gasteiger partial charge in [0.25, 0.3) is 0 Å². The first-order chi connectivity index (χ1) is 17.2. The molecule has 0 aromatic heterocycles. The summed E-state index contributed by atoms with van der Waals surface area (Å²) < 4.78 is 31.8. The van der Waals surface area contributed by atoms with E-state index in [0.29, 0.717) is 36.7 Å². The van der Waals surface area contributed by atoms with Gasteiger partial charge in [0.05, 0.1) is 11.9 Å². The quantitative estimate of drug-likeness (QED) is 0.470. The summed E-state index contributed by atoms with van der Waals surface area (Å²) in [5.41, 5.74) is 3.55. The molecule has 1 aliphatic heterocycles. The third kappa shape index (κ3) is 6.23. The van der Waals surface area contributed by atoms with Crippen LogP contribution in [0.25, 0.3) is 0 Å². The first kappa shape index (κ1) is 25.2. The van der Waals surface area contributed by atoms with Crippen LogP contribution in [0.15, 0.2) is 72.8 Å². The summed E-state index contributed by atoms with van der Waals surface area (Å²) >= 11 is 0. The molecule has 1 heterocycles. The van der Waals surface area contributed by atoms with Crippen molar-refractivity contribution >= 4 is 38.9 Å². The number of amides is 2. The smallest absolute Gasteiger partial charge is 0.245 e. The van der Waals surface area contributed by atoms with Crippen molar-refractivity contribution in [3.63, 3.8) is 0 Å². The molecule has 0 radical (unpaired) electrons. The maximum Gasteiger partial charge on any atom is 0.245 e. The van der Waals surface area contributed by atoms with Crippen molar-refractivity contribution < 1.29 is 22.7 Å². The van der Waals surface area contributed by atoms with Crippen molar-refractivity contribution in [3.8, 4) is 5.75 Å². The van der Waals surface area contributed by atoms with Crippen LogP contribution in [0.3, 0.4) is 0 Å². The average molecular weight is 508 g/mol. The highest BCUT2D eigenvalue weighted by Gasteiger charge is 2.24. The van der Waals surface area contributed by atoms with Crippen molar-refractivity contribution in [1.29, 1.82) is 0 Å². The fourth-order valence-electron chi connectivity index (χ4n) is 4.06. The van der Waals surface area contributed by atoms with Gasteiger partial charge in [0.2, 0.25) is 21.8 Å². The molecule has 0 bridgehead atoms. The molecular weight excluding hydrogens is 478 g/mol. The Hall–Kier alpha value is -3.85. The molecular formula is C27H29N3O5S. The summed E-state index contributed by atoms with van der Waals surface area (Å²) in [6.45, 7) is 2.55. The second kappa shape index (κ2) is 10.8. The molecule has 4 rings (SSSR count). The lowest BCUT2D eigenvalue weighted by molar-refractivity contribution is -0.117. The summed E-state index contributed by atoms with van der Waals surface area (Å²) in [5, 5.41) is 2.76. The Labute approximate surface area is 211 Å². The molecule has 3 aromatic rings. The summed E-state index contributed by atoms with van der Waals surface area (Å²) in [6, 6.07) is 21.6. The van der Waals surface area contributed by atoms with Crippen LogP contribution in [0.4, 0.5) is 17.1 Å². The van der Waals surface area contributed by atoms with E-state index >= 15 is 0 Å². The lowest BCUT2D eigenvalue weighted by Gasteiger charge is -2.23. The Morgan fingerprint density at radius 3 is 2.42 bits per heavy atom. The minimum absolute atomic E-state index is 0.0565. The number of ether oxygens (including phenoxy) is 1. The van der Waals surface area contributed by atoms with Gasteiger partial charge in [-0.1, -0.05) is 36.4 Å². The summed E-state index contributed by atoms with van der Waals surface area (Å²) in [4.78, 5) is 26.7. The van der Waals surface area contributed by atoms with Gasteiger partial charge in [-0.05, 0) is 60.9 Å². The molecule has 0 atom stereocenters. The van der Waals surface area contributed by atoms with Crippen LogP contribution in [0.5, 0.6) is 5.75 Å². The van der Waals surface area contributed by atoms with Crippen LogP contribution in [0.1, 0.15) is 24.0 Å². The lowest BCUT2D eigenvalue weighted by Crippen LogP contribution is -2.37. The Morgan fingerprint density at radius 1 is 1.06 bits per heavy atom. The van der Waals surface area contributed by atoms with Crippen molar-refractivity contribution in [2.24, 2.45) is 0 Å². The zero-order valence-electron chi connectivity index (χ0n) is 20.3. The molecule has 1 N–H and O–H groups in total. The molecule has 1 fully saturated rings. The number of benzene rings is 3. The predicted molar refractivity (Wildman–Crippen MR) is 141 cm³/mol. The van der Waals surface area contributed by atoms with Crippen molar-refractivity contribution in [2.45, 2.75) is 26.4 Å². The van der Waals surface area contributed by atoms with Gasteiger partial charge in [-0.15, -0.1) is 0 Å². The van der Waals surface area contributed by atoms with Gasteiger partial charge in [-0.25, -0.2) is 8.42 Å². The van der Waals surface area contributed by atoms with Crippen LogP contribution in [0, 0.1) is 6.92 Å². The molecule has 0 aliphatic carbocycles. The molecule has 36 heavy (non-hydrogen) atoms. The number of sulfonamides is 1.